The van der Waals surface area contributed by atoms with Crippen LogP contribution in [0.1, 0.15) is 17.3 Å². The summed E-state index contributed by atoms with van der Waals surface area (Å²) >= 11 is 6.69. The van der Waals surface area contributed by atoms with E-state index in [-0.39, 0.29) is 12.5 Å². The average molecular weight is 457 g/mol. The Morgan fingerprint density at radius 1 is 1.17 bits per heavy atom. The minimum atomic E-state index is -0.300. The second kappa shape index (κ2) is 8.84. The van der Waals surface area contributed by atoms with Gasteiger partial charge in [-0.15, -0.1) is 0 Å². The van der Waals surface area contributed by atoms with Gasteiger partial charge in [-0.3, -0.25) is 9.59 Å². The van der Waals surface area contributed by atoms with Gasteiger partial charge in [0.15, 0.2) is 24.4 Å². The molecule has 2 rings (SSSR count). The number of hydrogen-bond donors (Lipinski definition) is 1. The summed E-state index contributed by atoms with van der Waals surface area (Å²) in [5.74, 6) is 0.450. The predicted octanol–water partition coefficient (Wildman–Crippen LogP) is 4.44. The summed E-state index contributed by atoms with van der Waals surface area (Å²) in [6.45, 7) is 2.03. The summed E-state index contributed by atoms with van der Waals surface area (Å²) in [6.07, 6.45) is 0.712. The highest BCUT2D eigenvalue weighted by Gasteiger charge is 2.18. The number of halogens is 2. The Bertz CT molecular complexity index is 735. The first-order valence-corrected chi connectivity index (χ1v) is 8.73. The molecule has 0 heterocycles. The molecule has 2 aromatic carbocycles. The van der Waals surface area contributed by atoms with Crippen LogP contribution in [0, 0.1) is 0 Å². The monoisotopic (exact) mass is 455 g/mol. The van der Waals surface area contributed by atoms with Crippen LogP contribution in [0.25, 0.3) is 0 Å². The van der Waals surface area contributed by atoms with Crippen molar-refractivity contribution in [1.29, 1.82) is 0 Å². The molecule has 0 aromatic heterocycles. The number of carbonyl (C=O) groups excluding carboxylic acids is 2. The van der Waals surface area contributed by atoms with Crippen molar-refractivity contribution in [2.24, 2.45) is 0 Å². The van der Waals surface area contributed by atoms with Crippen molar-refractivity contribution in [3.05, 3.63) is 50.9 Å². The zero-order valence-corrected chi connectivity index (χ0v) is 16.0. The van der Waals surface area contributed by atoms with Gasteiger partial charge in [-0.1, -0.05) is 18.2 Å². The highest BCUT2D eigenvalue weighted by Crippen LogP contribution is 2.42. The summed E-state index contributed by atoms with van der Waals surface area (Å²) in [5.41, 5.74) is 1.11. The van der Waals surface area contributed by atoms with E-state index in [0.717, 1.165) is 0 Å². The van der Waals surface area contributed by atoms with Crippen molar-refractivity contribution in [1.82, 2.24) is 0 Å². The Labute approximate surface area is 156 Å². The number of para-hydroxylation sites is 1. The van der Waals surface area contributed by atoms with E-state index in [0.29, 0.717) is 44.6 Å². The summed E-state index contributed by atoms with van der Waals surface area (Å²) in [5, 5.41) is 2.73. The Balaban J connectivity index is 2.15. The Hall–Kier alpha value is -1.86. The second-order valence-electron chi connectivity index (χ2n) is 4.67. The molecular formula is C17H15Br2NO4. The molecule has 24 heavy (non-hydrogen) atoms. The molecule has 0 saturated carbocycles. The molecule has 0 bridgehead atoms. The first kappa shape index (κ1) is 18.5. The largest absolute Gasteiger partial charge is 0.490 e. The number of benzene rings is 2. The van der Waals surface area contributed by atoms with Gasteiger partial charge in [0.2, 0.25) is 0 Å². The SMILES string of the molecule is CCOc1cc(C=O)c(Br)c(Br)c1OCC(=O)Nc1ccccc1. The van der Waals surface area contributed by atoms with Gasteiger partial charge in [0.1, 0.15) is 0 Å². The molecule has 2 aromatic rings. The minimum Gasteiger partial charge on any atom is -0.490 e. The quantitative estimate of drug-likeness (QED) is 0.625. The number of nitrogens with one attached hydrogen (secondary N) is 1. The van der Waals surface area contributed by atoms with Gasteiger partial charge in [-0.05, 0) is 57.0 Å². The van der Waals surface area contributed by atoms with Crippen LogP contribution in [0.5, 0.6) is 11.5 Å². The van der Waals surface area contributed by atoms with Crippen molar-refractivity contribution in [2.45, 2.75) is 6.92 Å². The third-order valence-electron chi connectivity index (χ3n) is 2.99. The minimum absolute atomic E-state index is 0.194. The molecule has 126 valence electrons. The van der Waals surface area contributed by atoms with Crippen LogP contribution in [0.15, 0.2) is 45.3 Å². The summed E-state index contributed by atoms with van der Waals surface area (Å²) in [4.78, 5) is 23.1. The van der Waals surface area contributed by atoms with E-state index in [1.807, 2.05) is 25.1 Å². The first-order chi connectivity index (χ1) is 11.6. The number of aldehydes is 1. The zero-order valence-electron chi connectivity index (χ0n) is 12.8. The van der Waals surface area contributed by atoms with E-state index >= 15 is 0 Å². The van der Waals surface area contributed by atoms with Crippen LogP contribution in [-0.4, -0.2) is 25.4 Å². The lowest BCUT2D eigenvalue weighted by molar-refractivity contribution is -0.118. The molecule has 1 amide bonds. The molecule has 7 heteroatoms. The molecule has 0 radical (unpaired) electrons. The molecular weight excluding hydrogens is 442 g/mol. The number of rotatable bonds is 7. The lowest BCUT2D eigenvalue weighted by Crippen LogP contribution is -2.20. The Morgan fingerprint density at radius 3 is 2.50 bits per heavy atom. The van der Waals surface area contributed by atoms with Gasteiger partial charge in [0, 0.05) is 15.7 Å². The number of ether oxygens (including phenoxy) is 2. The van der Waals surface area contributed by atoms with Crippen LogP contribution in [-0.2, 0) is 4.79 Å². The number of hydrogen-bond acceptors (Lipinski definition) is 4. The summed E-state index contributed by atoms with van der Waals surface area (Å²) < 4.78 is 12.2. The van der Waals surface area contributed by atoms with Gasteiger partial charge in [-0.2, -0.15) is 0 Å². The van der Waals surface area contributed by atoms with E-state index in [1.54, 1.807) is 18.2 Å². The lowest BCUT2D eigenvalue weighted by Gasteiger charge is -2.15. The average Bonchev–Trinajstić information content (AvgIpc) is 2.58. The fraction of sp³-hybridized carbons (Fsp3) is 0.176. The van der Waals surface area contributed by atoms with Gasteiger partial charge >= 0.3 is 0 Å². The normalized spacial score (nSPS) is 10.1. The van der Waals surface area contributed by atoms with Crippen LogP contribution < -0.4 is 14.8 Å². The number of amides is 1. The molecule has 1 N–H and O–H groups in total. The molecule has 0 aliphatic heterocycles. The Kier molecular flexibility index (Phi) is 6.81. The highest BCUT2D eigenvalue weighted by atomic mass is 79.9. The van der Waals surface area contributed by atoms with Crippen molar-refractivity contribution in [2.75, 3.05) is 18.5 Å². The third kappa shape index (κ3) is 4.58. The topological polar surface area (TPSA) is 64.6 Å². The van der Waals surface area contributed by atoms with Gasteiger partial charge < -0.3 is 14.8 Å². The molecule has 0 unspecified atom stereocenters. The molecule has 0 atom stereocenters. The number of anilines is 1. The van der Waals surface area contributed by atoms with E-state index in [4.69, 9.17) is 9.47 Å². The van der Waals surface area contributed by atoms with E-state index in [9.17, 15) is 9.59 Å². The van der Waals surface area contributed by atoms with Gasteiger partial charge in [0.25, 0.3) is 5.91 Å². The fourth-order valence-electron chi connectivity index (χ4n) is 1.94. The van der Waals surface area contributed by atoms with Crippen LogP contribution in [0.4, 0.5) is 5.69 Å². The Morgan fingerprint density at radius 2 is 1.88 bits per heavy atom. The maximum Gasteiger partial charge on any atom is 0.262 e. The van der Waals surface area contributed by atoms with E-state index in [2.05, 4.69) is 37.2 Å². The van der Waals surface area contributed by atoms with Gasteiger partial charge in [-0.25, -0.2) is 0 Å². The molecule has 0 aliphatic carbocycles. The van der Waals surface area contributed by atoms with E-state index in [1.165, 1.54) is 0 Å². The molecule has 0 saturated heterocycles. The summed E-state index contributed by atoms with van der Waals surface area (Å²) in [7, 11) is 0. The standard InChI is InChI=1S/C17H15Br2NO4/c1-2-23-13-8-11(9-21)15(18)16(19)17(13)24-10-14(22)20-12-6-4-3-5-7-12/h3-9H,2,10H2,1H3,(H,20,22). The number of carbonyl (C=O) groups is 2. The summed E-state index contributed by atoms with van der Waals surface area (Å²) in [6, 6.07) is 10.7. The lowest BCUT2D eigenvalue weighted by atomic mass is 10.2. The second-order valence-corrected chi connectivity index (χ2v) is 6.26. The highest BCUT2D eigenvalue weighted by molar-refractivity contribution is 9.13. The van der Waals surface area contributed by atoms with Crippen molar-refractivity contribution < 1.29 is 19.1 Å². The van der Waals surface area contributed by atoms with Crippen molar-refractivity contribution in [3.8, 4) is 11.5 Å². The maximum atomic E-state index is 12.0. The van der Waals surface area contributed by atoms with Gasteiger partial charge in [0.05, 0.1) is 11.1 Å². The predicted molar refractivity (Wildman–Crippen MR) is 99.0 cm³/mol. The van der Waals surface area contributed by atoms with Crippen LogP contribution in [0.2, 0.25) is 0 Å². The maximum absolute atomic E-state index is 12.0. The van der Waals surface area contributed by atoms with Crippen molar-refractivity contribution in [3.63, 3.8) is 0 Å². The molecule has 0 spiro atoms. The third-order valence-corrected chi connectivity index (χ3v) is 5.13. The smallest absolute Gasteiger partial charge is 0.262 e. The van der Waals surface area contributed by atoms with Crippen LogP contribution >= 0.6 is 31.9 Å². The molecule has 5 nitrogen and oxygen atoms in total. The van der Waals surface area contributed by atoms with E-state index < -0.39 is 0 Å². The molecule has 0 fully saturated rings. The van der Waals surface area contributed by atoms with Crippen LogP contribution in [0.3, 0.4) is 0 Å². The first-order valence-electron chi connectivity index (χ1n) is 7.14. The van der Waals surface area contributed by atoms with Crippen molar-refractivity contribution >= 4 is 49.7 Å². The zero-order chi connectivity index (χ0) is 17.5. The molecule has 0 aliphatic rings. The fourth-order valence-corrected chi connectivity index (χ4v) is 2.87.